The van der Waals surface area contributed by atoms with Crippen LogP contribution in [-0.2, 0) is 14.8 Å². The summed E-state index contributed by atoms with van der Waals surface area (Å²) < 4.78 is 27.2. The molecule has 0 bridgehead atoms. The Labute approximate surface area is 124 Å². The maximum absolute atomic E-state index is 12.6. The Morgan fingerprint density at radius 1 is 1.58 bits per heavy atom. The minimum Gasteiger partial charge on any atom is -0.480 e. The molecule has 19 heavy (non-hydrogen) atoms. The number of hydrogen-bond donors (Lipinski definition) is 1. The standard InChI is InChI=1S/C11H14BrNO4S2/c1-7-6-8(18-9(7)12)19(16,17)13-5-3-4-11(13,2)10(14)15/h6H,3-5H2,1-2H3,(H,14,15). The van der Waals surface area contributed by atoms with Crippen molar-refractivity contribution in [1.82, 2.24) is 4.31 Å². The van der Waals surface area contributed by atoms with E-state index in [4.69, 9.17) is 0 Å². The Kier molecular flexibility index (Phi) is 3.81. The molecule has 1 aliphatic heterocycles. The number of rotatable bonds is 3. The second-order valence-corrected chi connectivity index (χ2v) is 9.24. The highest BCUT2D eigenvalue weighted by molar-refractivity contribution is 9.11. The first-order valence-electron chi connectivity index (χ1n) is 5.72. The molecule has 1 N–H and O–H groups in total. The number of aryl methyl sites for hydroxylation is 1. The number of carboxylic acid groups (broad SMARTS) is 1. The maximum Gasteiger partial charge on any atom is 0.324 e. The zero-order chi connectivity index (χ0) is 14.4. The van der Waals surface area contributed by atoms with Crippen LogP contribution in [0.2, 0.25) is 0 Å². The molecule has 5 nitrogen and oxygen atoms in total. The number of carboxylic acids is 1. The van der Waals surface area contributed by atoms with Gasteiger partial charge in [0.05, 0.1) is 3.79 Å². The van der Waals surface area contributed by atoms with Crippen molar-refractivity contribution < 1.29 is 18.3 Å². The molecule has 1 aliphatic rings. The molecule has 0 saturated carbocycles. The third-order valence-corrected chi connectivity index (χ3v) is 8.02. The molecule has 0 aromatic carbocycles. The summed E-state index contributed by atoms with van der Waals surface area (Å²) in [5.74, 6) is -1.10. The lowest BCUT2D eigenvalue weighted by Gasteiger charge is -2.29. The van der Waals surface area contributed by atoms with Gasteiger partial charge in [-0.3, -0.25) is 4.79 Å². The fourth-order valence-electron chi connectivity index (χ4n) is 2.20. The van der Waals surface area contributed by atoms with E-state index < -0.39 is 21.5 Å². The average molecular weight is 368 g/mol. The van der Waals surface area contributed by atoms with Crippen molar-refractivity contribution >= 4 is 43.3 Å². The van der Waals surface area contributed by atoms with Crippen molar-refractivity contribution in [3.05, 3.63) is 15.4 Å². The van der Waals surface area contributed by atoms with Gasteiger partial charge in [-0.2, -0.15) is 4.31 Å². The van der Waals surface area contributed by atoms with E-state index in [1.165, 1.54) is 6.92 Å². The van der Waals surface area contributed by atoms with Gasteiger partial charge in [0.2, 0.25) is 0 Å². The largest absolute Gasteiger partial charge is 0.480 e. The van der Waals surface area contributed by atoms with Crippen molar-refractivity contribution in [2.24, 2.45) is 0 Å². The molecule has 1 saturated heterocycles. The van der Waals surface area contributed by atoms with Gasteiger partial charge in [-0.05, 0) is 54.2 Å². The van der Waals surface area contributed by atoms with Gasteiger partial charge in [0.25, 0.3) is 10.0 Å². The van der Waals surface area contributed by atoms with Gasteiger partial charge in [0.15, 0.2) is 0 Å². The molecular weight excluding hydrogens is 354 g/mol. The summed E-state index contributed by atoms with van der Waals surface area (Å²) in [6.45, 7) is 3.52. The van der Waals surface area contributed by atoms with E-state index in [-0.39, 0.29) is 10.8 Å². The van der Waals surface area contributed by atoms with E-state index >= 15 is 0 Å². The van der Waals surface area contributed by atoms with E-state index in [0.717, 1.165) is 25.0 Å². The molecule has 1 fully saturated rings. The Morgan fingerprint density at radius 2 is 2.21 bits per heavy atom. The number of nitrogens with zero attached hydrogens (tertiary/aromatic N) is 1. The molecule has 0 amide bonds. The van der Waals surface area contributed by atoms with Gasteiger partial charge in [0.1, 0.15) is 9.75 Å². The molecule has 2 rings (SSSR count). The molecule has 0 radical (unpaired) electrons. The van der Waals surface area contributed by atoms with Crippen molar-refractivity contribution in [2.75, 3.05) is 6.54 Å². The van der Waals surface area contributed by atoms with Crippen molar-refractivity contribution in [3.8, 4) is 0 Å². The van der Waals surface area contributed by atoms with Crippen molar-refractivity contribution in [1.29, 1.82) is 0 Å². The number of thiophene rings is 1. The highest BCUT2D eigenvalue weighted by atomic mass is 79.9. The predicted molar refractivity (Wildman–Crippen MR) is 75.9 cm³/mol. The molecule has 8 heteroatoms. The molecule has 1 aromatic heterocycles. The highest BCUT2D eigenvalue weighted by Crippen LogP contribution is 2.38. The molecular formula is C11H14BrNO4S2. The normalized spacial score (nSPS) is 24.8. The molecule has 1 atom stereocenters. The summed E-state index contributed by atoms with van der Waals surface area (Å²) in [6.07, 6.45) is 0.903. The predicted octanol–water partition coefficient (Wildman–Crippen LogP) is 2.45. The Balaban J connectivity index is 2.48. The third-order valence-electron chi connectivity index (χ3n) is 3.41. The topological polar surface area (TPSA) is 74.7 Å². The molecule has 0 aliphatic carbocycles. The van der Waals surface area contributed by atoms with Crippen LogP contribution >= 0.6 is 27.3 Å². The Bertz CT molecular complexity index is 605. The first-order valence-corrected chi connectivity index (χ1v) is 8.77. The van der Waals surface area contributed by atoms with Crippen LogP contribution in [0.3, 0.4) is 0 Å². The fraction of sp³-hybridized carbons (Fsp3) is 0.545. The zero-order valence-corrected chi connectivity index (χ0v) is 13.7. The summed E-state index contributed by atoms with van der Waals surface area (Å²) in [7, 11) is -3.75. The van der Waals surface area contributed by atoms with Gasteiger partial charge in [-0.25, -0.2) is 8.42 Å². The van der Waals surface area contributed by atoms with E-state index in [1.807, 2.05) is 0 Å². The lowest BCUT2D eigenvalue weighted by atomic mass is 10.0. The summed E-state index contributed by atoms with van der Waals surface area (Å²) >= 11 is 4.41. The SMILES string of the molecule is Cc1cc(S(=O)(=O)N2CCCC2(C)C(=O)O)sc1Br. The van der Waals surface area contributed by atoms with Crippen LogP contribution in [0.25, 0.3) is 0 Å². The van der Waals surface area contributed by atoms with Crippen LogP contribution in [0.1, 0.15) is 25.3 Å². The second kappa shape index (κ2) is 4.83. The zero-order valence-electron chi connectivity index (χ0n) is 10.5. The fourth-order valence-corrected chi connectivity index (χ4v) is 6.35. The quantitative estimate of drug-likeness (QED) is 0.889. The van der Waals surface area contributed by atoms with Gasteiger partial charge >= 0.3 is 5.97 Å². The van der Waals surface area contributed by atoms with Crippen LogP contribution < -0.4 is 0 Å². The van der Waals surface area contributed by atoms with Gasteiger partial charge < -0.3 is 5.11 Å². The molecule has 0 spiro atoms. The summed E-state index contributed by atoms with van der Waals surface area (Å²) in [5, 5.41) is 9.30. The Morgan fingerprint density at radius 3 is 2.68 bits per heavy atom. The smallest absolute Gasteiger partial charge is 0.324 e. The first-order chi connectivity index (χ1) is 8.69. The third kappa shape index (κ3) is 2.35. The highest BCUT2D eigenvalue weighted by Gasteiger charge is 2.50. The number of sulfonamides is 1. The van der Waals surface area contributed by atoms with Crippen LogP contribution in [-0.4, -0.2) is 35.9 Å². The van der Waals surface area contributed by atoms with Crippen molar-refractivity contribution in [3.63, 3.8) is 0 Å². The van der Waals surface area contributed by atoms with Crippen LogP contribution in [0.15, 0.2) is 14.1 Å². The monoisotopic (exact) mass is 367 g/mol. The minimum atomic E-state index is -3.75. The second-order valence-electron chi connectivity index (χ2n) is 4.78. The van der Waals surface area contributed by atoms with E-state index in [1.54, 1.807) is 13.0 Å². The number of halogens is 1. The van der Waals surface area contributed by atoms with E-state index in [2.05, 4.69) is 15.9 Å². The van der Waals surface area contributed by atoms with E-state index in [9.17, 15) is 18.3 Å². The van der Waals surface area contributed by atoms with Crippen LogP contribution in [0, 0.1) is 6.92 Å². The summed E-state index contributed by atoms with van der Waals surface area (Å²) in [4.78, 5) is 11.4. The molecule has 2 heterocycles. The number of carbonyl (C=O) groups is 1. The number of aliphatic carboxylic acids is 1. The van der Waals surface area contributed by atoms with Gasteiger partial charge in [0, 0.05) is 6.54 Å². The van der Waals surface area contributed by atoms with Crippen molar-refractivity contribution in [2.45, 2.75) is 36.4 Å². The van der Waals surface area contributed by atoms with Crippen LogP contribution in [0.4, 0.5) is 0 Å². The molecule has 106 valence electrons. The first kappa shape index (κ1) is 15.0. The molecule has 1 unspecified atom stereocenters. The summed E-state index contributed by atoms with van der Waals surface area (Å²) in [6, 6.07) is 1.57. The number of hydrogen-bond acceptors (Lipinski definition) is 4. The lowest BCUT2D eigenvalue weighted by Crippen LogP contribution is -2.50. The average Bonchev–Trinajstić information content (AvgIpc) is 2.85. The maximum atomic E-state index is 12.6. The lowest BCUT2D eigenvalue weighted by molar-refractivity contribution is -0.146. The van der Waals surface area contributed by atoms with Crippen LogP contribution in [0.5, 0.6) is 0 Å². The van der Waals surface area contributed by atoms with Gasteiger partial charge in [-0.15, -0.1) is 11.3 Å². The minimum absolute atomic E-state index is 0.186. The van der Waals surface area contributed by atoms with E-state index in [0.29, 0.717) is 12.8 Å². The summed E-state index contributed by atoms with van der Waals surface area (Å²) in [5.41, 5.74) is -0.511. The van der Waals surface area contributed by atoms with Gasteiger partial charge in [-0.1, -0.05) is 0 Å². The Hall–Kier alpha value is -0.440. The molecule has 1 aromatic rings.